The highest BCUT2D eigenvalue weighted by atomic mass is 16.5. The SMILES string of the molecule is CC(C)c1ccc2c(c1)CCCN2C(=O)[C@@H]1CC[C@H](C(=O)O)O1. The molecular weight excluding hydrogens is 294 g/mol. The van der Waals surface area contributed by atoms with Crippen LogP contribution in [0.3, 0.4) is 0 Å². The fourth-order valence-corrected chi connectivity index (χ4v) is 3.38. The molecule has 3 rings (SSSR count). The van der Waals surface area contributed by atoms with E-state index >= 15 is 0 Å². The van der Waals surface area contributed by atoms with Gasteiger partial charge in [0, 0.05) is 12.2 Å². The second-order valence-electron chi connectivity index (χ2n) is 6.67. The van der Waals surface area contributed by atoms with Crippen LogP contribution in [0.15, 0.2) is 18.2 Å². The van der Waals surface area contributed by atoms with Gasteiger partial charge in [0.2, 0.25) is 0 Å². The predicted molar refractivity (Wildman–Crippen MR) is 86.7 cm³/mol. The van der Waals surface area contributed by atoms with Gasteiger partial charge in [-0.15, -0.1) is 0 Å². The minimum absolute atomic E-state index is 0.105. The molecule has 0 radical (unpaired) electrons. The summed E-state index contributed by atoms with van der Waals surface area (Å²) in [4.78, 5) is 25.5. The largest absolute Gasteiger partial charge is 0.479 e. The van der Waals surface area contributed by atoms with E-state index in [1.165, 1.54) is 11.1 Å². The van der Waals surface area contributed by atoms with Gasteiger partial charge in [0.05, 0.1) is 0 Å². The molecule has 1 aromatic rings. The third-order valence-electron chi connectivity index (χ3n) is 4.73. The summed E-state index contributed by atoms with van der Waals surface area (Å²) in [5.74, 6) is -0.631. The molecule has 23 heavy (non-hydrogen) atoms. The quantitative estimate of drug-likeness (QED) is 0.931. The first-order chi connectivity index (χ1) is 11.0. The summed E-state index contributed by atoms with van der Waals surface area (Å²) in [6.45, 7) is 4.99. The molecule has 1 aromatic carbocycles. The summed E-state index contributed by atoms with van der Waals surface area (Å²) in [6, 6.07) is 6.28. The van der Waals surface area contributed by atoms with Gasteiger partial charge in [-0.2, -0.15) is 0 Å². The maximum Gasteiger partial charge on any atom is 0.332 e. The Bertz CT molecular complexity index is 625. The monoisotopic (exact) mass is 317 g/mol. The molecule has 0 aliphatic carbocycles. The number of rotatable bonds is 3. The maximum atomic E-state index is 12.8. The number of benzene rings is 1. The molecule has 2 aliphatic heterocycles. The van der Waals surface area contributed by atoms with E-state index in [9.17, 15) is 9.59 Å². The van der Waals surface area contributed by atoms with Crippen molar-refractivity contribution in [2.45, 2.75) is 57.7 Å². The smallest absolute Gasteiger partial charge is 0.332 e. The maximum absolute atomic E-state index is 12.8. The van der Waals surface area contributed by atoms with Gasteiger partial charge in [-0.1, -0.05) is 26.0 Å². The van der Waals surface area contributed by atoms with Gasteiger partial charge in [-0.3, -0.25) is 4.79 Å². The topological polar surface area (TPSA) is 66.8 Å². The summed E-state index contributed by atoms with van der Waals surface area (Å²) in [5, 5.41) is 9.01. The van der Waals surface area contributed by atoms with Gasteiger partial charge in [0.15, 0.2) is 6.10 Å². The second-order valence-corrected chi connectivity index (χ2v) is 6.67. The van der Waals surface area contributed by atoms with Crippen molar-refractivity contribution in [2.24, 2.45) is 0 Å². The molecule has 5 heteroatoms. The van der Waals surface area contributed by atoms with Crippen molar-refractivity contribution >= 4 is 17.6 Å². The zero-order valence-corrected chi connectivity index (χ0v) is 13.6. The lowest BCUT2D eigenvalue weighted by Crippen LogP contribution is -2.42. The van der Waals surface area contributed by atoms with E-state index in [0.29, 0.717) is 25.3 Å². The number of ether oxygens (including phenoxy) is 1. The average molecular weight is 317 g/mol. The number of carbonyl (C=O) groups is 2. The van der Waals surface area contributed by atoms with Crippen LogP contribution < -0.4 is 4.90 Å². The molecule has 0 spiro atoms. The van der Waals surface area contributed by atoms with E-state index in [4.69, 9.17) is 9.84 Å². The van der Waals surface area contributed by atoms with Crippen LogP contribution in [-0.4, -0.2) is 35.7 Å². The number of aryl methyl sites for hydroxylation is 1. The van der Waals surface area contributed by atoms with Crippen molar-refractivity contribution in [2.75, 3.05) is 11.4 Å². The molecular formula is C18H23NO4. The molecule has 0 unspecified atom stereocenters. The number of fused-ring (bicyclic) bond motifs is 1. The minimum atomic E-state index is -0.985. The molecule has 0 bridgehead atoms. The Morgan fingerprint density at radius 1 is 1.26 bits per heavy atom. The van der Waals surface area contributed by atoms with E-state index in [1.54, 1.807) is 4.90 Å². The van der Waals surface area contributed by atoms with E-state index in [1.807, 2.05) is 6.07 Å². The molecule has 1 N–H and O–H groups in total. The van der Waals surface area contributed by atoms with Crippen LogP contribution in [0.5, 0.6) is 0 Å². The van der Waals surface area contributed by atoms with Gasteiger partial charge in [0.1, 0.15) is 6.10 Å². The van der Waals surface area contributed by atoms with Crippen LogP contribution in [0.2, 0.25) is 0 Å². The Hall–Kier alpha value is -1.88. The Morgan fingerprint density at radius 3 is 2.65 bits per heavy atom. The summed E-state index contributed by atoms with van der Waals surface area (Å²) in [5.41, 5.74) is 3.43. The van der Waals surface area contributed by atoms with Crippen LogP contribution in [0.1, 0.15) is 50.2 Å². The fourth-order valence-electron chi connectivity index (χ4n) is 3.38. The van der Waals surface area contributed by atoms with Crippen LogP contribution in [0.25, 0.3) is 0 Å². The minimum Gasteiger partial charge on any atom is -0.479 e. The standard InChI is InChI=1S/C18H23NO4/c1-11(2)12-5-6-14-13(10-12)4-3-9-19(14)17(20)15-7-8-16(23-15)18(21)22/h5-6,10-11,15-16H,3-4,7-9H2,1-2H3,(H,21,22)/t15-,16+/m0/s1. The highest BCUT2D eigenvalue weighted by molar-refractivity contribution is 5.98. The van der Waals surface area contributed by atoms with E-state index < -0.39 is 18.2 Å². The molecule has 2 heterocycles. The third-order valence-corrected chi connectivity index (χ3v) is 4.73. The van der Waals surface area contributed by atoms with Crippen molar-refractivity contribution in [3.8, 4) is 0 Å². The zero-order valence-electron chi connectivity index (χ0n) is 13.6. The molecule has 124 valence electrons. The number of carboxylic acid groups (broad SMARTS) is 1. The predicted octanol–water partition coefficient (Wildman–Crippen LogP) is 2.72. The number of carbonyl (C=O) groups excluding carboxylic acids is 1. The van der Waals surface area contributed by atoms with Crippen LogP contribution in [0.4, 0.5) is 5.69 Å². The second kappa shape index (κ2) is 6.32. The summed E-state index contributed by atoms with van der Waals surface area (Å²) >= 11 is 0. The van der Waals surface area contributed by atoms with E-state index in [-0.39, 0.29) is 5.91 Å². The van der Waals surface area contributed by atoms with Crippen LogP contribution in [0, 0.1) is 0 Å². The van der Waals surface area contributed by atoms with Crippen molar-refractivity contribution in [1.29, 1.82) is 0 Å². The van der Waals surface area contributed by atoms with Crippen molar-refractivity contribution in [3.05, 3.63) is 29.3 Å². The third kappa shape index (κ3) is 3.11. The number of aliphatic carboxylic acids is 1. The van der Waals surface area contributed by atoms with Crippen LogP contribution in [-0.2, 0) is 20.7 Å². The Labute approximate surface area is 136 Å². The number of amides is 1. The van der Waals surface area contributed by atoms with Gasteiger partial charge in [-0.05, 0) is 48.8 Å². The molecule has 0 aromatic heterocycles. The molecule has 5 nitrogen and oxygen atoms in total. The lowest BCUT2D eigenvalue weighted by atomic mass is 9.94. The molecule has 0 saturated carbocycles. The Balaban J connectivity index is 1.80. The van der Waals surface area contributed by atoms with Gasteiger partial charge >= 0.3 is 5.97 Å². The van der Waals surface area contributed by atoms with Crippen molar-refractivity contribution in [1.82, 2.24) is 0 Å². The lowest BCUT2D eigenvalue weighted by Gasteiger charge is -2.32. The summed E-state index contributed by atoms with van der Waals surface area (Å²) in [6.07, 6.45) is 1.30. The van der Waals surface area contributed by atoms with E-state index in [0.717, 1.165) is 18.5 Å². The number of hydrogen-bond acceptors (Lipinski definition) is 3. The molecule has 1 fully saturated rings. The normalized spacial score (nSPS) is 23.9. The molecule has 2 aliphatic rings. The highest BCUT2D eigenvalue weighted by Crippen LogP contribution is 2.32. The number of carboxylic acids is 1. The van der Waals surface area contributed by atoms with Gasteiger partial charge in [0.25, 0.3) is 5.91 Å². The van der Waals surface area contributed by atoms with Crippen molar-refractivity contribution in [3.63, 3.8) is 0 Å². The summed E-state index contributed by atoms with van der Waals surface area (Å²) in [7, 11) is 0. The molecule has 1 amide bonds. The van der Waals surface area contributed by atoms with Crippen LogP contribution >= 0.6 is 0 Å². The highest BCUT2D eigenvalue weighted by Gasteiger charge is 2.38. The molecule has 2 atom stereocenters. The van der Waals surface area contributed by atoms with Gasteiger partial charge in [-0.25, -0.2) is 4.79 Å². The lowest BCUT2D eigenvalue weighted by molar-refractivity contribution is -0.151. The average Bonchev–Trinajstić information content (AvgIpc) is 3.03. The first kappa shape index (κ1) is 16.0. The van der Waals surface area contributed by atoms with Crippen molar-refractivity contribution < 1.29 is 19.4 Å². The molecule has 1 saturated heterocycles. The summed E-state index contributed by atoms with van der Waals surface area (Å²) < 4.78 is 5.42. The fraction of sp³-hybridized carbons (Fsp3) is 0.556. The Kier molecular flexibility index (Phi) is 4.39. The first-order valence-electron chi connectivity index (χ1n) is 8.30. The zero-order chi connectivity index (χ0) is 16.6. The first-order valence-corrected chi connectivity index (χ1v) is 8.30. The van der Waals surface area contributed by atoms with Gasteiger partial charge < -0.3 is 14.7 Å². The Morgan fingerprint density at radius 2 is 2.00 bits per heavy atom. The number of nitrogens with zero attached hydrogens (tertiary/aromatic N) is 1. The number of anilines is 1. The number of hydrogen-bond donors (Lipinski definition) is 1. The van der Waals surface area contributed by atoms with E-state index in [2.05, 4.69) is 26.0 Å².